The minimum atomic E-state index is -0.956. The molecular formula is C38H59N5O8. The summed E-state index contributed by atoms with van der Waals surface area (Å²) >= 11 is 0. The van der Waals surface area contributed by atoms with Crippen LogP contribution in [-0.4, -0.2) is 68.8 Å². The lowest BCUT2D eigenvalue weighted by atomic mass is 9.91. The van der Waals surface area contributed by atoms with Crippen LogP contribution < -0.4 is 16.0 Å². The third-order valence-electron chi connectivity index (χ3n) is 8.07. The van der Waals surface area contributed by atoms with E-state index in [2.05, 4.69) is 20.9 Å². The Hall–Kier alpha value is -4.42. The fraction of sp³-hybridized carbons (Fsp3) is 0.632. The molecule has 1 aromatic heterocycles. The number of rotatable bonds is 13. The monoisotopic (exact) mass is 713 g/mol. The van der Waals surface area contributed by atoms with E-state index in [1.54, 1.807) is 75.4 Å². The number of esters is 1. The average molecular weight is 714 g/mol. The van der Waals surface area contributed by atoms with Crippen LogP contribution in [-0.2, 0) is 30.4 Å². The molecule has 0 aliphatic carbocycles. The summed E-state index contributed by atoms with van der Waals surface area (Å²) in [5.74, 6) is -2.46. The van der Waals surface area contributed by atoms with Gasteiger partial charge in [-0.1, -0.05) is 66.7 Å². The third kappa shape index (κ3) is 13.0. The second-order valence-electron chi connectivity index (χ2n) is 16.0. The molecule has 0 bridgehead atoms. The molecule has 0 radical (unpaired) electrons. The number of hydrogen-bond acceptors (Lipinski definition) is 9. The third-order valence-corrected chi connectivity index (χ3v) is 8.07. The van der Waals surface area contributed by atoms with E-state index >= 15 is 0 Å². The summed E-state index contributed by atoms with van der Waals surface area (Å²) in [7, 11) is 0. The van der Waals surface area contributed by atoms with Crippen LogP contribution >= 0.6 is 0 Å². The molecule has 4 atom stereocenters. The van der Waals surface area contributed by atoms with E-state index in [1.165, 1.54) is 10.9 Å². The number of carbonyl (C=O) groups excluding carboxylic acids is 5. The van der Waals surface area contributed by atoms with Gasteiger partial charge in [-0.15, -0.1) is 0 Å². The highest BCUT2D eigenvalue weighted by atomic mass is 16.6. The lowest BCUT2D eigenvalue weighted by Gasteiger charge is -2.28. The van der Waals surface area contributed by atoms with Gasteiger partial charge in [0.2, 0.25) is 5.91 Å². The second kappa shape index (κ2) is 17.7. The van der Waals surface area contributed by atoms with Crippen molar-refractivity contribution < 1.29 is 38.2 Å². The van der Waals surface area contributed by atoms with E-state index in [4.69, 9.17) is 14.2 Å². The minimum absolute atomic E-state index is 0.0343. The van der Waals surface area contributed by atoms with Gasteiger partial charge in [0.15, 0.2) is 0 Å². The molecule has 0 fully saturated rings. The van der Waals surface area contributed by atoms with Crippen molar-refractivity contribution in [1.82, 2.24) is 25.5 Å². The van der Waals surface area contributed by atoms with Crippen LogP contribution in [0.25, 0.3) is 0 Å². The molecule has 284 valence electrons. The van der Waals surface area contributed by atoms with Crippen LogP contribution in [0.2, 0.25) is 0 Å². The molecule has 13 nitrogen and oxygen atoms in total. The molecular weight excluding hydrogens is 654 g/mol. The van der Waals surface area contributed by atoms with Crippen molar-refractivity contribution in [2.75, 3.05) is 0 Å². The van der Waals surface area contributed by atoms with Crippen LogP contribution in [0.1, 0.15) is 123 Å². The van der Waals surface area contributed by atoms with Gasteiger partial charge in [-0.25, -0.2) is 19.4 Å². The van der Waals surface area contributed by atoms with Gasteiger partial charge >= 0.3 is 18.2 Å². The lowest BCUT2D eigenvalue weighted by Crippen LogP contribution is -2.55. The minimum Gasteiger partial charge on any atom is -0.459 e. The molecule has 2 aromatic rings. The number of amides is 3. The molecule has 0 saturated carbocycles. The number of aromatic nitrogens is 2. The van der Waals surface area contributed by atoms with Crippen LogP contribution in [0.4, 0.5) is 9.59 Å². The molecule has 0 saturated heterocycles. The Morgan fingerprint density at radius 1 is 0.745 bits per heavy atom. The number of hydrogen-bond donors (Lipinski definition) is 3. The summed E-state index contributed by atoms with van der Waals surface area (Å²) in [4.78, 5) is 69.3. The van der Waals surface area contributed by atoms with E-state index < -0.39 is 53.4 Å². The average Bonchev–Trinajstić information content (AvgIpc) is 3.48. The van der Waals surface area contributed by atoms with Crippen molar-refractivity contribution in [1.29, 1.82) is 0 Å². The highest BCUT2D eigenvalue weighted by molar-refractivity contribution is 5.90. The van der Waals surface area contributed by atoms with Crippen molar-refractivity contribution in [3.8, 4) is 0 Å². The first-order valence-electron chi connectivity index (χ1n) is 17.5. The topological polar surface area (TPSA) is 167 Å². The zero-order valence-corrected chi connectivity index (χ0v) is 32.8. The summed E-state index contributed by atoms with van der Waals surface area (Å²) < 4.78 is 17.8. The first-order valence-corrected chi connectivity index (χ1v) is 17.5. The number of alkyl carbamates (subject to hydrolysis) is 2. The Kier molecular flexibility index (Phi) is 14.8. The summed E-state index contributed by atoms with van der Waals surface area (Å²) in [6, 6.07) is 2.97. The van der Waals surface area contributed by atoms with Gasteiger partial charge < -0.3 is 30.2 Å². The molecule has 3 unspecified atom stereocenters. The summed E-state index contributed by atoms with van der Waals surface area (Å²) in [5, 5.41) is 8.06. The molecule has 0 aliphatic rings. The number of nitrogens with one attached hydrogen (secondary N) is 3. The maximum atomic E-state index is 13.4. The number of benzene rings is 1. The predicted octanol–water partition coefficient (Wildman–Crippen LogP) is 6.27. The predicted molar refractivity (Wildman–Crippen MR) is 194 cm³/mol. The molecule has 51 heavy (non-hydrogen) atoms. The largest absolute Gasteiger partial charge is 0.459 e. The molecule has 13 heteroatoms. The maximum absolute atomic E-state index is 13.4. The number of imidazole rings is 1. The first-order chi connectivity index (χ1) is 23.4. The Labute approximate surface area is 303 Å². The highest BCUT2D eigenvalue weighted by Gasteiger charge is 2.33. The molecule has 2 rings (SSSR count). The number of nitrogens with zero attached hydrogens (tertiary/aromatic N) is 2. The van der Waals surface area contributed by atoms with Crippen molar-refractivity contribution in [2.45, 2.75) is 139 Å². The summed E-state index contributed by atoms with van der Waals surface area (Å²) in [5.41, 5.74) is 1.78. The molecule has 3 N–H and O–H groups in total. The van der Waals surface area contributed by atoms with E-state index in [9.17, 15) is 24.0 Å². The maximum Gasteiger partial charge on any atom is 0.408 e. The van der Waals surface area contributed by atoms with E-state index in [0.29, 0.717) is 5.69 Å². The Morgan fingerprint density at radius 2 is 1.25 bits per heavy atom. The SMILES string of the molecule is Cc1c(COC(=O)C(NC(=O)C(NC(=O)OC(C)(C)C)C(C)C)C(C)C)cccc1[C@H](C)c1cn(C(=O)C(NC(=O)OC(C)(C)C)C(C)C)cn1. The van der Waals surface area contributed by atoms with Crippen LogP contribution in [0.5, 0.6) is 0 Å². The number of carbonyl (C=O) groups is 5. The van der Waals surface area contributed by atoms with E-state index in [1.807, 2.05) is 45.9 Å². The standard InChI is InChI=1S/C38H59N5O8/c1-21(2)29(41-35(47)50-37(9,10)11)32(44)40-31(23(5)6)34(46)49-19-26-16-15-17-27(24(26)7)25(8)28-18-43(20-39-28)33(45)30(22(3)4)42-36(48)51-38(12,13)14/h15-18,20-23,25,29-31H,19H2,1-14H3,(H,40,44)(H,41,47)(H,42,48)/t25-,29?,30?,31?/m0/s1. The number of ether oxygens (including phenoxy) is 3. The smallest absolute Gasteiger partial charge is 0.408 e. The molecule has 3 amide bonds. The van der Waals surface area contributed by atoms with Gasteiger partial charge in [0, 0.05) is 12.1 Å². The summed E-state index contributed by atoms with van der Waals surface area (Å²) in [6.45, 7) is 25.2. The Morgan fingerprint density at radius 3 is 1.75 bits per heavy atom. The fourth-order valence-electron chi connectivity index (χ4n) is 5.23. The van der Waals surface area contributed by atoms with Gasteiger partial charge in [0.1, 0.15) is 42.3 Å². The molecule has 1 aromatic carbocycles. The zero-order valence-electron chi connectivity index (χ0n) is 32.8. The van der Waals surface area contributed by atoms with Crippen molar-refractivity contribution in [3.63, 3.8) is 0 Å². The van der Waals surface area contributed by atoms with Crippen molar-refractivity contribution in [3.05, 3.63) is 53.1 Å². The zero-order chi connectivity index (χ0) is 39.0. The van der Waals surface area contributed by atoms with Gasteiger partial charge in [-0.3, -0.25) is 14.2 Å². The van der Waals surface area contributed by atoms with Gasteiger partial charge in [-0.2, -0.15) is 0 Å². The van der Waals surface area contributed by atoms with Crippen LogP contribution in [0.3, 0.4) is 0 Å². The second-order valence-corrected chi connectivity index (χ2v) is 16.0. The normalized spacial score (nSPS) is 14.4. The van der Waals surface area contributed by atoms with Crippen LogP contribution in [0, 0.1) is 24.7 Å². The molecule has 0 spiro atoms. The van der Waals surface area contributed by atoms with E-state index in [-0.39, 0.29) is 36.2 Å². The van der Waals surface area contributed by atoms with Crippen molar-refractivity contribution in [2.24, 2.45) is 17.8 Å². The highest BCUT2D eigenvalue weighted by Crippen LogP contribution is 2.28. The van der Waals surface area contributed by atoms with Crippen molar-refractivity contribution >= 4 is 30.0 Å². The van der Waals surface area contributed by atoms with Gasteiger partial charge in [-0.05, 0) is 82.9 Å². The molecule has 1 heterocycles. The summed E-state index contributed by atoms with van der Waals surface area (Å²) in [6.07, 6.45) is 1.70. The Balaban J connectivity index is 2.17. The van der Waals surface area contributed by atoms with Gasteiger partial charge in [0.25, 0.3) is 5.91 Å². The van der Waals surface area contributed by atoms with Crippen LogP contribution in [0.15, 0.2) is 30.7 Å². The fourth-order valence-corrected chi connectivity index (χ4v) is 5.23. The van der Waals surface area contributed by atoms with E-state index in [0.717, 1.165) is 16.7 Å². The lowest BCUT2D eigenvalue weighted by molar-refractivity contribution is -0.150. The first kappa shape index (κ1) is 42.7. The Bertz CT molecular complexity index is 1530. The quantitative estimate of drug-likeness (QED) is 0.160. The van der Waals surface area contributed by atoms with Gasteiger partial charge in [0.05, 0.1) is 5.69 Å². The molecule has 0 aliphatic heterocycles.